The average Bonchev–Trinajstić information content (AvgIpc) is 2.42. The van der Waals surface area contributed by atoms with Gasteiger partial charge in [0, 0.05) is 10.9 Å². The van der Waals surface area contributed by atoms with E-state index in [0.717, 1.165) is 45.6 Å². The number of benzene rings is 1. The van der Waals surface area contributed by atoms with Crippen LogP contribution in [0, 0.1) is 20.8 Å². The van der Waals surface area contributed by atoms with Gasteiger partial charge in [0.05, 0.1) is 5.56 Å². The van der Waals surface area contributed by atoms with Crippen molar-refractivity contribution in [3.8, 4) is 11.6 Å². The standard InChI is InChI=1S/C16H20BrN3O/c1-5-6-13-19-15(18)11(4)16(20-13)21-12-7-9(2)14(17)10(3)8-12/h7-8H,5-6H2,1-4H3,(H2,18,19,20). The number of nitrogens with zero attached hydrogens (tertiary/aromatic N) is 2. The molecule has 2 aromatic rings. The summed E-state index contributed by atoms with van der Waals surface area (Å²) < 4.78 is 7.04. The van der Waals surface area contributed by atoms with E-state index in [2.05, 4.69) is 32.8 Å². The fourth-order valence-electron chi connectivity index (χ4n) is 2.07. The van der Waals surface area contributed by atoms with Crippen LogP contribution in [0.25, 0.3) is 0 Å². The lowest BCUT2D eigenvalue weighted by molar-refractivity contribution is 0.454. The number of ether oxygens (including phenoxy) is 1. The molecule has 1 aromatic heterocycles. The Kier molecular flexibility index (Phi) is 4.83. The molecule has 0 aliphatic heterocycles. The molecule has 1 aromatic carbocycles. The second-order valence-corrected chi connectivity index (χ2v) is 5.97. The molecule has 0 spiro atoms. The van der Waals surface area contributed by atoms with E-state index in [9.17, 15) is 0 Å². The summed E-state index contributed by atoms with van der Waals surface area (Å²) in [7, 11) is 0. The van der Waals surface area contributed by atoms with Gasteiger partial charge in [0.1, 0.15) is 17.4 Å². The van der Waals surface area contributed by atoms with Gasteiger partial charge in [-0.3, -0.25) is 0 Å². The zero-order valence-electron chi connectivity index (χ0n) is 12.8. The summed E-state index contributed by atoms with van der Waals surface area (Å²) in [6.07, 6.45) is 1.76. The molecule has 0 radical (unpaired) electrons. The quantitative estimate of drug-likeness (QED) is 0.882. The molecule has 0 fully saturated rings. The summed E-state index contributed by atoms with van der Waals surface area (Å²) in [5.41, 5.74) is 8.97. The summed E-state index contributed by atoms with van der Waals surface area (Å²) in [4.78, 5) is 8.77. The molecule has 0 unspecified atom stereocenters. The molecule has 4 nitrogen and oxygen atoms in total. The van der Waals surface area contributed by atoms with Gasteiger partial charge in [-0.1, -0.05) is 22.9 Å². The Bertz CT molecular complexity index is 648. The third kappa shape index (κ3) is 3.53. The van der Waals surface area contributed by atoms with Crippen molar-refractivity contribution >= 4 is 21.7 Å². The zero-order valence-corrected chi connectivity index (χ0v) is 14.4. The molecule has 0 amide bonds. The van der Waals surface area contributed by atoms with Crippen LogP contribution in [0.2, 0.25) is 0 Å². The number of nitrogen functional groups attached to an aromatic ring is 1. The van der Waals surface area contributed by atoms with Gasteiger partial charge < -0.3 is 10.5 Å². The Hall–Kier alpha value is -1.62. The van der Waals surface area contributed by atoms with Crippen molar-refractivity contribution in [2.45, 2.75) is 40.5 Å². The molecule has 0 saturated carbocycles. The highest BCUT2D eigenvalue weighted by molar-refractivity contribution is 9.10. The first kappa shape index (κ1) is 15.8. The number of nitrogens with two attached hydrogens (primary N) is 1. The summed E-state index contributed by atoms with van der Waals surface area (Å²) in [5.74, 6) is 2.50. The summed E-state index contributed by atoms with van der Waals surface area (Å²) in [5, 5.41) is 0. The van der Waals surface area contributed by atoms with Crippen LogP contribution in [0.3, 0.4) is 0 Å². The highest BCUT2D eigenvalue weighted by atomic mass is 79.9. The van der Waals surface area contributed by atoms with E-state index in [1.807, 2.05) is 32.9 Å². The molecule has 0 bridgehead atoms. The fourth-order valence-corrected chi connectivity index (χ4v) is 2.30. The van der Waals surface area contributed by atoms with E-state index in [1.165, 1.54) is 0 Å². The van der Waals surface area contributed by atoms with E-state index in [1.54, 1.807) is 0 Å². The molecular weight excluding hydrogens is 330 g/mol. The van der Waals surface area contributed by atoms with Crippen LogP contribution < -0.4 is 10.5 Å². The molecule has 2 rings (SSSR count). The molecule has 112 valence electrons. The third-order valence-electron chi connectivity index (χ3n) is 3.28. The maximum atomic E-state index is 5.95. The Morgan fingerprint density at radius 2 is 1.76 bits per heavy atom. The Morgan fingerprint density at radius 1 is 1.14 bits per heavy atom. The average molecular weight is 350 g/mol. The van der Waals surface area contributed by atoms with Crippen LogP contribution in [-0.2, 0) is 6.42 Å². The highest BCUT2D eigenvalue weighted by Crippen LogP contribution is 2.31. The first-order chi connectivity index (χ1) is 9.92. The number of aromatic nitrogens is 2. The zero-order chi connectivity index (χ0) is 15.6. The van der Waals surface area contributed by atoms with Gasteiger partial charge >= 0.3 is 0 Å². The van der Waals surface area contributed by atoms with Crippen molar-refractivity contribution in [3.05, 3.63) is 39.1 Å². The SMILES string of the molecule is CCCc1nc(N)c(C)c(Oc2cc(C)c(Br)c(C)c2)n1. The smallest absolute Gasteiger partial charge is 0.227 e. The van der Waals surface area contributed by atoms with Crippen molar-refractivity contribution in [1.82, 2.24) is 9.97 Å². The van der Waals surface area contributed by atoms with Gasteiger partial charge in [0.25, 0.3) is 0 Å². The van der Waals surface area contributed by atoms with Gasteiger partial charge in [-0.2, -0.15) is 4.98 Å². The van der Waals surface area contributed by atoms with Crippen LogP contribution in [0.4, 0.5) is 5.82 Å². The number of rotatable bonds is 4. The van der Waals surface area contributed by atoms with Crippen LogP contribution in [0.15, 0.2) is 16.6 Å². The maximum Gasteiger partial charge on any atom is 0.227 e. The van der Waals surface area contributed by atoms with Crippen molar-refractivity contribution < 1.29 is 4.74 Å². The maximum absolute atomic E-state index is 5.95. The Morgan fingerprint density at radius 3 is 2.33 bits per heavy atom. The summed E-state index contributed by atoms with van der Waals surface area (Å²) in [6.45, 7) is 8.03. The monoisotopic (exact) mass is 349 g/mol. The molecule has 2 N–H and O–H groups in total. The van der Waals surface area contributed by atoms with E-state index in [4.69, 9.17) is 10.5 Å². The molecule has 0 saturated heterocycles. The first-order valence-electron chi connectivity index (χ1n) is 7.00. The Balaban J connectivity index is 2.39. The number of aryl methyl sites for hydroxylation is 3. The van der Waals surface area contributed by atoms with Gasteiger partial charge in [0.2, 0.25) is 5.88 Å². The van der Waals surface area contributed by atoms with Crippen molar-refractivity contribution in [2.24, 2.45) is 0 Å². The molecule has 0 atom stereocenters. The minimum Gasteiger partial charge on any atom is -0.439 e. The topological polar surface area (TPSA) is 61.0 Å². The Labute approximate surface area is 133 Å². The predicted molar refractivity (Wildman–Crippen MR) is 88.9 cm³/mol. The minimum absolute atomic E-state index is 0.481. The van der Waals surface area contributed by atoms with E-state index >= 15 is 0 Å². The van der Waals surface area contributed by atoms with Crippen molar-refractivity contribution in [2.75, 3.05) is 5.73 Å². The molecule has 21 heavy (non-hydrogen) atoms. The molecule has 1 heterocycles. The van der Waals surface area contributed by atoms with Crippen LogP contribution in [0.5, 0.6) is 11.6 Å². The number of hydrogen-bond donors (Lipinski definition) is 1. The van der Waals surface area contributed by atoms with Crippen LogP contribution >= 0.6 is 15.9 Å². The molecule has 0 aliphatic rings. The largest absolute Gasteiger partial charge is 0.439 e. The lowest BCUT2D eigenvalue weighted by atomic mass is 10.1. The summed E-state index contributed by atoms with van der Waals surface area (Å²) >= 11 is 3.56. The first-order valence-corrected chi connectivity index (χ1v) is 7.79. The number of anilines is 1. The van der Waals surface area contributed by atoms with Gasteiger partial charge in [-0.25, -0.2) is 4.98 Å². The lowest BCUT2D eigenvalue weighted by Gasteiger charge is -2.13. The van der Waals surface area contributed by atoms with Crippen molar-refractivity contribution in [1.29, 1.82) is 0 Å². The molecule has 5 heteroatoms. The predicted octanol–water partition coefficient (Wildman–Crippen LogP) is 4.49. The minimum atomic E-state index is 0.481. The second-order valence-electron chi connectivity index (χ2n) is 5.18. The highest BCUT2D eigenvalue weighted by Gasteiger charge is 2.12. The number of hydrogen-bond acceptors (Lipinski definition) is 4. The van der Waals surface area contributed by atoms with Crippen LogP contribution in [0.1, 0.15) is 35.9 Å². The third-order valence-corrected chi connectivity index (χ3v) is 4.53. The normalized spacial score (nSPS) is 10.7. The molecule has 0 aliphatic carbocycles. The summed E-state index contributed by atoms with van der Waals surface area (Å²) in [6, 6.07) is 3.96. The number of halogens is 1. The van der Waals surface area contributed by atoms with Crippen molar-refractivity contribution in [3.63, 3.8) is 0 Å². The second kappa shape index (κ2) is 6.43. The van der Waals surface area contributed by atoms with E-state index in [-0.39, 0.29) is 0 Å². The van der Waals surface area contributed by atoms with Crippen LogP contribution in [-0.4, -0.2) is 9.97 Å². The lowest BCUT2D eigenvalue weighted by Crippen LogP contribution is -2.05. The fraction of sp³-hybridized carbons (Fsp3) is 0.375. The van der Waals surface area contributed by atoms with Gasteiger partial charge in [-0.05, 0) is 50.5 Å². The van der Waals surface area contributed by atoms with E-state index < -0.39 is 0 Å². The van der Waals surface area contributed by atoms with Gasteiger partial charge in [-0.15, -0.1) is 0 Å². The molecular formula is C16H20BrN3O. The van der Waals surface area contributed by atoms with E-state index in [0.29, 0.717) is 11.7 Å². The van der Waals surface area contributed by atoms with Gasteiger partial charge in [0.15, 0.2) is 0 Å².